The van der Waals surface area contributed by atoms with Crippen LogP contribution in [0.4, 0.5) is 5.69 Å². The Bertz CT molecular complexity index is 715. The predicted octanol–water partition coefficient (Wildman–Crippen LogP) is 4.37. The van der Waals surface area contributed by atoms with Crippen LogP contribution in [0.5, 0.6) is 11.5 Å². The number of benzene rings is 2. The lowest BCUT2D eigenvalue weighted by Gasteiger charge is -2.17. The van der Waals surface area contributed by atoms with E-state index in [4.69, 9.17) is 21.1 Å². The molecule has 0 saturated carbocycles. The highest BCUT2D eigenvalue weighted by Gasteiger charge is 2.17. The van der Waals surface area contributed by atoms with Crippen molar-refractivity contribution < 1.29 is 14.3 Å². The molecule has 0 spiro atoms. The Balaban J connectivity index is 2.08. The van der Waals surface area contributed by atoms with Gasteiger partial charge in [0.15, 0.2) is 6.10 Å². The van der Waals surface area contributed by atoms with Gasteiger partial charge in [0, 0.05) is 5.02 Å². The van der Waals surface area contributed by atoms with Crippen LogP contribution < -0.4 is 14.8 Å². The van der Waals surface area contributed by atoms with E-state index in [9.17, 15) is 4.79 Å². The fourth-order valence-corrected chi connectivity index (χ4v) is 2.22. The lowest BCUT2D eigenvalue weighted by Crippen LogP contribution is -2.30. The van der Waals surface area contributed by atoms with Gasteiger partial charge < -0.3 is 14.8 Å². The SMILES string of the molecule is COc1ccc(C)cc1NC(=O)C(C)Oc1ccc(Cl)c(C)c1. The zero-order valence-corrected chi connectivity index (χ0v) is 14.4. The van der Waals surface area contributed by atoms with E-state index in [2.05, 4.69) is 5.32 Å². The molecule has 2 aromatic rings. The molecule has 1 atom stereocenters. The van der Waals surface area contributed by atoms with E-state index in [1.54, 1.807) is 32.2 Å². The molecular formula is C18H20ClNO3. The molecule has 0 aliphatic carbocycles. The van der Waals surface area contributed by atoms with Gasteiger partial charge in [-0.25, -0.2) is 0 Å². The molecule has 0 aliphatic rings. The Morgan fingerprint density at radius 2 is 1.91 bits per heavy atom. The Morgan fingerprint density at radius 1 is 1.17 bits per heavy atom. The Morgan fingerprint density at radius 3 is 2.57 bits per heavy atom. The number of ether oxygens (including phenoxy) is 2. The maximum atomic E-state index is 12.3. The maximum absolute atomic E-state index is 12.3. The summed E-state index contributed by atoms with van der Waals surface area (Å²) in [6.07, 6.45) is -0.652. The molecule has 5 heteroatoms. The first-order valence-electron chi connectivity index (χ1n) is 7.29. The normalized spacial score (nSPS) is 11.7. The highest BCUT2D eigenvalue weighted by Crippen LogP contribution is 2.26. The van der Waals surface area contributed by atoms with E-state index in [1.807, 2.05) is 32.0 Å². The van der Waals surface area contributed by atoms with Gasteiger partial charge in [-0.3, -0.25) is 4.79 Å². The second-order valence-electron chi connectivity index (χ2n) is 5.36. The van der Waals surface area contributed by atoms with Gasteiger partial charge in [-0.05, 0) is 62.2 Å². The Hall–Kier alpha value is -2.20. The smallest absolute Gasteiger partial charge is 0.265 e. The molecule has 0 bridgehead atoms. The first-order valence-corrected chi connectivity index (χ1v) is 7.67. The molecule has 1 N–H and O–H groups in total. The highest BCUT2D eigenvalue weighted by atomic mass is 35.5. The summed E-state index contributed by atoms with van der Waals surface area (Å²) < 4.78 is 10.9. The number of carbonyl (C=O) groups is 1. The summed E-state index contributed by atoms with van der Waals surface area (Å²) in [5, 5.41) is 3.50. The van der Waals surface area contributed by atoms with E-state index in [0.29, 0.717) is 22.2 Å². The molecule has 0 aromatic heterocycles. The summed E-state index contributed by atoms with van der Waals surface area (Å²) >= 11 is 5.99. The van der Waals surface area contributed by atoms with E-state index in [1.165, 1.54) is 0 Å². The molecule has 0 heterocycles. The van der Waals surface area contributed by atoms with Gasteiger partial charge in [-0.15, -0.1) is 0 Å². The molecule has 122 valence electrons. The average molecular weight is 334 g/mol. The van der Waals surface area contributed by atoms with Gasteiger partial charge in [0.1, 0.15) is 11.5 Å². The summed E-state index contributed by atoms with van der Waals surface area (Å²) in [6, 6.07) is 10.9. The molecule has 0 fully saturated rings. The van der Waals surface area contributed by atoms with Crippen LogP contribution in [0.2, 0.25) is 5.02 Å². The number of hydrogen-bond donors (Lipinski definition) is 1. The van der Waals surface area contributed by atoms with Gasteiger partial charge in [-0.2, -0.15) is 0 Å². The summed E-state index contributed by atoms with van der Waals surface area (Å²) in [7, 11) is 1.57. The molecule has 2 aromatic carbocycles. The van der Waals surface area contributed by atoms with Gasteiger partial charge in [0.2, 0.25) is 0 Å². The van der Waals surface area contributed by atoms with Gasteiger partial charge in [-0.1, -0.05) is 17.7 Å². The highest BCUT2D eigenvalue weighted by molar-refractivity contribution is 6.31. The number of anilines is 1. The number of halogens is 1. The van der Waals surface area contributed by atoms with Crippen molar-refractivity contribution in [3.8, 4) is 11.5 Å². The Labute approximate surface area is 141 Å². The first kappa shape index (κ1) is 17.2. The molecule has 2 rings (SSSR count). The third kappa shape index (κ3) is 4.39. The van der Waals surface area contributed by atoms with E-state index < -0.39 is 6.10 Å². The summed E-state index contributed by atoms with van der Waals surface area (Å²) in [5.74, 6) is 0.964. The van der Waals surface area contributed by atoms with Crippen molar-refractivity contribution >= 4 is 23.2 Å². The Kier molecular flexibility index (Phi) is 5.50. The second kappa shape index (κ2) is 7.38. The molecule has 0 aliphatic heterocycles. The number of amides is 1. The van der Waals surface area contributed by atoms with Crippen LogP contribution in [-0.4, -0.2) is 19.1 Å². The topological polar surface area (TPSA) is 47.6 Å². The molecule has 0 saturated heterocycles. The third-order valence-corrected chi connectivity index (χ3v) is 3.85. The van der Waals surface area contributed by atoms with Crippen molar-refractivity contribution in [2.45, 2.75) is 26.9 Å². The van der Waals surface area contributed by atoms with Crippen LogP contribution >= 0.6 is 11.6 Å². The minimum Gasteiger partial charge on any atom is -0.495 e. The number of carbonyl (C=O) groups excluding carboxylic acids is 1. The van der Waals surface area contributed by atoms with Crippen LogP contribution in [0.15, 0.2) is 36.4 Å². The third-order valence-electron chi connectivity index (χ3n) is 3.42. The molecular weight excluding hydrogens is 314 g/mol. The summed E-state index contributed by atoms with van der Waals surface area (Å²) in [6.45, 7) is 5.53. The second-order valence-corrected chi connectivity index (χ2v) is 5.77. The zero-order chi connectivity index (χ0) is 17.0. The first-order chi connectivity index (χ1) is 10.9. The van der Waals surface area contributed by atoms with Crippen molar-refractivity contribution in [2.24, 2.45) is 0 Å². The molecule has 0 radical (unpaired) electrons. The number of rotatable bonds is 5. The standard InChI is InChI=1S/C18H20ClNO3/c1-11-5-8-17(22-4)16(9-11)20-18(21)13(3)23-14-6-7-15(19)12(2)10-14/h5-10,13H,1-4H3,(H,20,21). The van der Waals surface area contributed by atoms with E-state index in [0.717, 1.165) is 11.1 Å². The number of hydrogen-bond acceptors (Lipinski definition) is 3. The molecule has 4 nitrogen and oxygen atoms in total. The number of aryl methyl sites for hydroxylation is 2. The van der Waals surface area contributed by atoms with Gasteiger partial charge in [0.25, 0.3) is 5.91 Å². The predicted molar refractivity (Wildman–Crippen MR) is 92.6 cm³/mol. The van der Waals surface area contributed by atoms with E-state index >= 15 is 0 Å². The minimum absolute atomic E-state index is 0.249. The summed E-state index contributed by atoms with van der Waals surface area (Å²) in [5.41, 5.74) is 2.56. The average Bonchev–Trinajstić information content (AvgIpc) is 2.51. The number of nitrogens with one attached hydrogen (secondary N) is 1. The van der Waals surface area contributed by atoms with Gasteiger partial charge >= 0.3 is 0 Å². The van der Waals surface area contributed by atoms with E-state index in [-0.39, 0.29) is 5.91 Å². The van der Waals surface area contributed by atoms with Crippen molar-refractivity contribution in [1.29, 1.82) is 0 Å². The van der Waals surface area contributed by atoms with Crippen LogP contribution in [0.25, 0.3) is 0 Å². The minimum atomic E-state index is -0.652. The molecule has 1 unspecified atom stereocenters. The van der Waals surface area contributed by atoms with Crippen molar-refractivity contribution in [3.63, 3.8) is 0 Å². The fourth-order valence-electron chi connectivity index (χ4n) is 2.10. The summed E-state index contributed by atoms with van der Waals surface area (Å²) in [4.78, 5) is 12.3. The van der Waals surface area contributed by atoms with Crippen molar-refractivity contribution in [1.82, 2.24) is 0 Å². The lowest BCUT2D eigenvalue weighted by molar-refractivity contribution is -0.122. The van der Waals surface area contributed by atoms with Gasteiger partial charge in [0.05, 0.1) is 12.8 Å². The monoisotopic (exact) mass is 333 g/mol. The lowest BCUT2D eigenvalue weighted by atomic mass is 10.2. The van der Waals surface area contributed by atoms with Crippen molar-refractivity contribution in [2.75, 3.05) is 12.4 Å². The molecule has 1 amide bonds. The van der Waals surface area contributed by atoms with Crippen LogP contribution in [0, 0.1) is 13.8 Å². The van der Waals surface area contributed by atoms with Crippen LogP contribution in [-0.2, 0) is 4.79 Å². The van der Waals surface area contributed by atoms with Crippen LogP contribution in [0.1, 0.15) is 18.1 Å². The van der Waals surface area contributed by atoms with Crippen molar-refractivity contribution in [3.05, 3.63) is 52.5 Å². The van der Waals surface area contributed by atoms with Crippen LogP contribution in [0.3, 0.4) is 0 Å². The zero-order valence-electron chi connectivity index (χ0n) is 13.6. The maximum Gasteiger partial charge on any atom is 0.265 e. The number of methoxy groups -OCH3 is 1. The fraction of sp³-hybridized carbons (Fsp3) is 0.278. The quantitative estimate of drug-likeness (QED) is 0.883. The largest absolute Gasteiger partial charge is 0.495 e. The molecule has 23 heavy (non-hydrogen) atoms.